The van der Waals surface area contributed by atoms with Gasteiger partial charge in [-0.3, -0.25) is 0 Å². The van der Waals surface area contributed by atoms with Crippen molar-refractivity contribution in [2.45, 2.75) is 20.8 Å². The molecule has 0 amide bonds. The van der Waals surface area contributed by atoms with Gasteiger partial charge in [-0.2, -0.15) is 0 Å². The summed E-state index contributed by atoms with van der Waals surface area (Å²) >= 11 is 0. The summed E-state index contributed by atoms with van der Waals surface area (Å²) in [6, 6.07) is 9.40. The molecule has 2 aromatic rings. The van der Waals surface area contributed by atoms with Crippen LogP contribution in [0, 0.1) is 26.6 Å². The number of hydrogen-bond acceptors (Lipinski definition) is 0. The van der Waals surface area contributed by atoms with E-state index in [1.165, 1.54) is 0 Å². The molecule has 0 saturated heterocycles. The number of rotatable bonds is 1. The van der Waals surface area contributed by atoms with Crippen LogP contribution in [0.25, 0.3) is 5.69 Å². The molecule has 0 spiro atoms. The van der Waals surface area contributed by atoms with Crippen molar-refractivity contribution in [1.29, 1.82) is 0 Å². The highest BCUT2D eigenvalue weighted by Crippen LogP contribution is 2.18. The Hall–Kier alpha value is -1.57. The Balaban J connectivity index is 2.59. The fourth-order valence-electron chi connectivity index (χ4n) is 1.80. The van der Waals surface area contributed by atoms with E-state index in [4.69, 9.17) is 0 Å². The fraction of sp³-hybridized carbons (Fsp3) is 0.231. The Morgan fingerprint density at radius 3 is 2.07 bits per heavy atom. The maximum absolute atomic E-state index is 13.4. The molecule has 0 fully saturated rings. The van der Waals surface area contributed by atoms with Crippen molar-refractivity contribution in [3.05, 3.63) is 53.1 Å². The number of benzene rings is 1. The first kappa shape index (κ1) is 9.97. The third-order valence-electron chi connectivity index (χ3n) is 2.68. The van der Waals surface area contributed by atoms with Crippen molar-refractivity contribution in [2.75, 3.05) is 0 Å². The van der Waals surface area contributed by atoms with Crippen LogP contribution in [-0.2, 0) is 0 Å². The normalized spacial score (nSPS) is 10.7. The Bertz CT molecular complexity index is 478. The van der Waals surface area contributed by atoms with Crippen molar-refractivity contribution >= 4 is 0 Å². The number of aromatic nitrogens is 1. The van der Waals surface area contributed by atoms with Crippen LogP contribution in [0.15, 0.2) is 30.3 Å². The summed E-state index contributed by atoms with van der Waals surface area (Å²) < 4.78 is 15.5. The molecule has 0 radical (unpaired) electrons. The summed E-state index contributed by atoms with van der Waals surface area (Å²) in [7, 11) is 0. The molecule has 0 bridgehead atoms. The van der Waals surface area contributed by atoms with Crippen molar-refractivity contribution in [3.63, 3.8) is 0 Å². The average molecular weight is 203 g/mol. The molecule has 1 heterocycles. The molecule has 0 atom stereocenters. The van der Waals surface area contributed by atoms with E-state index in [2.05, 4.69) is 0 Å². The zero-order valence-electron chi connectivity index (χ0n) is 9.21. The SMILES string of the molecule is Cc1ccc(-n2c(C)ccc2C)cc1F. The first-order valence-electron chi connectivity index (χ1n) is 5.01. The second kappa shape index (κ2) is 3.54. The van der Waals surface area contributed by atoms with Crippen LogP contribution in [0.1, 0.15) is 17.0 Å². The quantitative estimate of drug-likeness (QED) is 0.668. The summed E-state index contributed by atoms with van der Waals surface area (Å²) in [5.74, 6) is -0.153. The molecular formula is C13H14FN. The molecule has 2 rings (SSSR count). The van der Waals surface area contributed by atoms with Gasteiger partial charge in [-0.15, -0.1) is 0 Å². The van der Waals surface area contributed by atoms with Gasteiger partial charge in [0.1, 0.15) is 5.82 Å². The van der Waals surface area contributed by atoms with E-state index in [0.717, 1.165) is 17.1 Å². The Labute approximate surface area is 89.2 Å². The number of hydrogen-bond donors (Lipinski definition) is 0. The summed E-state index contributed by atoms with van der Waals surface area (Å²) in [6.07, 6.45) is 0. The fourth-order valence-corrected chi connectivity index (χ4v) is 1.80. The first-order valence-corrected chi connectivity index (χ1v) is 5.01. The van der Waals surface area contributed by atoms with Gasteiger partial charge in [0.05, 0.1) is 0 Å². The molecule has 15 heavy (non-hydrogen) atoms. The zero-order valence-corrected chi connectivity index (χ0v) is 9.21. The van der Waals surface area contributed by atoms with Crippen LogP contribution in [0.3, 0.4) is 0 Å². The van der Waals surface area contributed by atoms with E-state index in [1.807, 2.05) is 42.7 Å². The molecule has 78 valence electrons. The average Bonchev–Trinajstić information content (AvgIpc) is 2.52. The van der Waals surface area contributed by atoms with E-state index in [-0.39, 0.29) is 5.82 Å². The van der Waals surface area contributed by atoms with Gasteiger partial charge in [-0.25, -0.2) is 4.39 Å². The molecule has 0 unspecified atom stereocenters. The minimum absolute atomic E-state index is 0.153. The van der Waals surface area contributed by atoms with Crippen LogP contribution < -0.4 is 0 Å². The maximum Gasteiger partial charge on any atom is 0.128 e. The highest BCUT2D eigenvalue weighted by Gasteiger charge is 2.05. The smallest absolute Gasteiger partial charge is 0.128 e. The van der Waals surface area contributed by atoms with Crippen LogP contribution in [-0.4, -0.2) is 4.57 Å². The standard InChI is InChI=1S/C13H14FN/c1-9-4-7-12(8-13(9)14)15-10(2)5-6-11(15)3/h4-8H,1-3H3. The minimum atomic E-state index is -0.153. The van der Waals surface area contributed by atoms with Gasteiger partial charge >= 0.3 is 0 Å². The van der Waals surface area contributed by atoms with Gasteiger partial charge < -0.3 is 4.57 Å². The van der Waals surface area contributed by atoms with Crippen LogP contribution in [0.2, 0.25) is 0 Å². The number of aryl methyl sites for hydroxylation is 3. The van der Waals surface area contributed by atoms with Crippen LogP contribution >= 0.6 is 0 Å². The molecule has 2 heteroatoms. The Kier molecular flexibility index (Phi) is 2.35. The van der Waals surface area contributed by atoms with Crippen molar-refractivity contribution in [1.82, 2.24) is 4.57 Å². The third kappa shape index (κ3) is 1.67. The van der Waals surface area contributed by atoms with Gasteiger partial charge in [-0.05, 0) is 50.6 Å². The lowest BCUT2D eigenvalue weighted by Crippen LogP contribution is -1.99. The monoisotopic (exact) mass is 203 g/mol. The van der Waals surface area contributed by atoms with E-state index >= 15 is 0 Å². The van der Waals surface area contributed by atoms with Crippen molar-refractivity contribution in [2.24, 2.45) is 0 Å². The van der Waals surface area contributed by atoms with Gasteiger partial charge in [0.25, 0.3) is 0 Å². The molecule has 0 aliphatic carbocycles. The van der Waals surface area contributed by atoms with E-state index in [0.29, 0.717) is 5.56 Å². The largest absolute Gasteiger partial charge is 0.318 e. The predicted octanol–water partition coefficient (Wildman–Crippen LogP) is 3.54. The Morgan fingerprint density at radius 2 is 1.53 bits per heavy atom. The summed E-state index contributed by atoms with van der Waals surface area (Å²) in [5, 5.41) is 0. The molecule has 0 N–H and O–H groups in total. The highest BCUT2D eigenvalue weighted by molar-refractivity contribution is 5.39. The molecule has 1 aromatic carbocycles. The molecule has 1 aromatic heterocycles. The topological polar surface area (TPSA) is 4.93 Å². The zero-order chi connectivity index (χ0) is 11.0. The van der Waals surface area contributed by atoms with Gasteiger partial charge in [0, 0.05) is 17.1 Å². The molecule has 0 aliphatic heterocycles. The van der Waals surface area contributed by atoms with Crippen molar-refractivity contribution < 1.29 is 4.39 Å². The lowest BCUT2D eigenvalue weighted by atomic mass is 10.2. The molecular weight excluding hydrogens is 189 g/mol. The second-order valence-electron chi connectivity index (χ2n) is 3.88. The first-order chi connectivity index (χ1) is 7.09. The number of nitrogens with zero attached hydrogens (tertiary/aromatic N) is 1. The highest BCUT2D eigenvalue weighted by atomic mass is 19.1. The summed E-state index contributed by atoms with van der Waals surface area (Å²) in [6.45, 7) is 5.81. The minimum Gasteiger partial charge on any atom is -0.318 e. The van der Waals surface area contributed by atoms with Crippen LogP contribution in [0.4, 0.5) is 4.39 Å². The maximum atomic E-state index is 13.4. The van der Waals surface area contributed by atoms with E-state index in [1.54, 1.807) is 13.0 Å². The second-order valence-corrected chi connectivity index (χ2v) is 3.88. The van der Waals surface area contributed by atoms with Gasteiger partial charge in [0.15, 0.2) is 0 Å². The van der Waals surface area contributed by atoms with Crippen LogP contribution in [0.5, 0.6) is 0 Å². The number of halogens is 1. The van der Waals surface area contributed by atoms with E-state index < -0.39 is 0 Å². The van der Waals surface area contributed by atoms with Gasteiger partial charge in [0.2, 0.25) is 0 Å². The van der Waals surface area contributed by atoms with E-state index in [9.17, 15) is 4.39 Å². The molecule has 0 saturated carbocycles. The van der Waals surface area contributed by atoms with Gasteiger partial charge in [-0.1, -0.05) is 6.07 Å². The third-order valence-corrected chi connectivity index (χ3v) is 2.68. The summed E-state index contributed by atoms with van der Waals surface area (Å²) in [5.41, 5.74) is 3.81. The predicted molar refractivity (Wildman–Crippen MR) is 59.9 cm³/mol. The lowest BCUT2D eigenvalue weighted by molar-refractivity contribution is 0.617. The lowest BCUT2D eigenvalue weighted by Gasteiger charge is -2.10. The van der Waals surface area contributed by atoms with Crippen molar-refractivity contribution in [3.8, 4) is 5.69 Å². The molecule has 1 nitrogen and oxygen atoms in total. The summed E-state index contributed by atoms with van der Waals surface area (Å²) in [4.78, 5) is 0. The Morgan fingerprint density at radius 1 is 0.933 bits per heavy atom. The molecule has 0 aliphatic rings.